The number of carbonyl (C=O) groups is 2. The Kier molecular flexibility index (Phi) is 4.21. The predicted octanol–water partition coefficient (Wildman–Crippen LogP) is -0.231. The minimum absolute atomic E-state index is 0.144. The van der Waals surface area contributed by atoms with Crippen molar-refractivity contribution in [1.29, 1.82) is 0 Å². The van der Waals surface area contributed by atoms with Crippen LogP contribution >= 0.6 is 0 Å². The van der Waals surface area contributed by atoms with E-state index in [0.29, 0.717) is 12.2 Å². The standard InChI is InChI=1S/C9H11N3O3/c1-2-15-8(13)6-10-9(14)7-3-4-11-12-5-7/h3-5H,2,6H2,1H3,(H,10,14). The van der Waals surface area contributed by atoms with E-state index in [4.69, 9.17) is 0 Å². The van der Waals surface area contributed by atoms with Gasteiger partial charge in [-0.2, -0.15) is 10.2 Å². The fourth-order valence-electron chi connectivity index (χ4n) is 0.892. The van der Waals surface area contributed by atoms with Crippen molar-refractivity contribution in [1.82, 2.24) is 15.5 Å². The Bertz CT molecular complexity index is 340. The minimum atomic E-state index is -0.465. The van der Waals surface area contributed by atoms with Gasteiger partial charge in [0.25, 0.3) is 5.91 Å². The lowest BCUT2D eigenvalue weighted by Gasteiger charge is -2.03. The first-order chi connectivity index (χ1) is 7.24. The van der Waals surface area contributed by atoms with Gasteiger partial charge in [-0.15, -0.1) is 0 Å². The van der Waals surface area contributed by atoms with Gasteiger partial charge in [-0.1, -0.05) is 0 Å². The molecule has 0 aliphatic rings. The molecule has 0 radical (unpaired) electrons. The maximum atomic E-state index is 11.4. The van der Waals surface area contributed by atoms with Gasteiger partial charge in [0.1, 0.15) is 6.54 Å². The molecular formula is C9H11N3O3. The Morgan fingerprint density at radius 1 is 1.47 bits per heavy atom. The molecule has 0 unspecified atom stereocenters. The third-order valence-electron chi connectivity index (χ3n) is 1.55. The van der Waals surface area contributed by atoms with Crippen LogP contribution in [0.3, 0.4) is 0 Å². The summed E-state index contributed by atoms with van der Waals surface area (Å²) in [5.74, 6) is -0.842. The van der Waals surface area contributed by atoms with Crippen molar-refractivity contribution in [2.45, 2.75) is 6.92 Å². The number of amides is 1. The van der Waals surface area contributed by atoms with Crippen LogP contribution in [0.1, 0.15) is 17.3 Å². The van der Waals surface area contributed by atoms with Crippen LogP contribution in [-0.4, -0.2) is 35.2 Å². The summed E-state index contributed by atoms with van der Waals surface area (Å²) >= 11 is 0. The van der Waals surface area contributed by atoms with Crippen molar-refractivity contribution in [3.8, 4) is 0 Å². The topological polar surface area (TPSA) is 81.2 Å². The number of hydrogen-bond acceptors (Lipinski definition) is 5. The number of nitrogens with one attached hydrogen (secondary N) is 1. The van der Waals surface area contributed by atoms with Crippen molar-refractivity contribution in [3.05, 3.63) is 24.0 Å². The van der Waals surface area contributed by atoms with Crippen molar-refractivity contribution in [2.24, 2.45) is 0 Å². The summed E-state index contributed by atoms with van der Waals surface area (Å²) in [7, 11) is 0. The third-order valence-corrected chi connectivity index (χ3v) is 1.55. The monoisotopic (exact) mass is 209 g/mol. The van der Waals surface area contributed by atoms with E-state index in [1.54, 1.807) is 6.92 Å². The van der Waals surface area contributed by atoms with Crippen LogP contribution in [0.25, 0.3) is 0 Å². The number of rotatable bonds is 4. The Labute approximate surface area is 86.7 Å². The summed E-state index contributed by atoms with van der Waals surface area (Å²) in [6.45, 7) is 1.85. The van der Waals surface area contributed by atoms with Gasteiger partial charge in [0.05, 0.1) is 24.6 Å². The fourth-order valence-corrected chi connectivity index (χ4v) is 0.892. The molecule has 0 aliphatic heterocycles. The predicted molar refractivity (Wildman–Crippen MR) is 51.0 cm³/mol. The lowest BCUT2D eigenvalue weighted by atomic mass is 10.3. The van der Waals surface area contributed by atoms with E-state index in [9.17, 15) is 9.59 Å². The van der Waals surface area contributed by atoms with Gasteiger partial charge >= 0.3 is 5.97 Å². The van der Waals surface area contributed by atoms with Crippen LogP contribution in [0, 0.1) is 0 Å². The molecule has 1 heterocycles. The molecule has 80 valence electrons. The van der Waals surface area contributed by atoms with Crippen molar-refractivity contribution in [2.75, 3.05) is 13.2 Å². The van der Waals surface area contributed by atoms with Crippen LogP contribution in [0.2, 0.25) is 0 Å². The van der Waals surface area contributed by atoms with Crippen LogP contribution in [-0.2, 0) is 9.53 Å². The van der Waals surface area contributed by atoms with Crippen LogP contribution in [0.4, 0.5) is 0 Å². The van der Waals surface area contributed by atoms with Crippen LogP contribution in [0.5, 0.6) is 0 Å². The van der Waals surface area contributed by atoms with Crippen molar-refractivity contribution >= 4 is 11.9 Å². The highest BCUT2D eigenvalue weighted by Crippen LogP contribution is 1.92. The maximum Gasteiger partial charge on any atom is 0.325 e. The molecule has 0 atom stereocenters. The first-order valence-corrected chi connectivity index (χ1v) is 4.44. The van der Waals surface area contributed by atoms with Crippen LogP contribution in [0.15, 0.2) is 18.5 Å². The lowest BCUT2D eigenvalue weighted by Crippen LogP contribution is -2.30. The minimum Gasteiger partial charge on any atom is -0.465 e. The number of esters is 1. The zero-order valence-corrected chi connectivity index (χ0v) is 8.27. The van der Waals surface area contributed by atoms with E-state index in [0.717, 1.165) is 0 Å². The molecule has 0 saturated heterocycles. The third kappa shape index (κ3) is 3.72. The van der Waals surface area contributed by atoms with E-state index >= 15 is 0 Å². The molecule has 0 saturated carbocycles. The first kappa shape index (κ1) is 11.1. The second-order valence-corrected chi connectivity index (χ2v) is 2.62. The van der Waals surface area contributed by atoms with E-state index in [-0.39, 0.29) is 12.5 Å². The zero-order valence-electron chi connectivity index (χ0n) is 8.27. The molecule has 0 fully saturated rings. The number of aromatic nitrogens is 2. The Morgan fingerprint density at radius 3 is 2.87 bits per heavy atom. The molecular weight excluding hydrogens is 198 g/mol. The molecule has 1 rings (SSSR count). The Hall–Kier alpha value is -1.98. The molecule has 6 nitrogen and oxygen atoms in total. The van der Waals surface area contributed by atoms with Gasteiger partial charge in [0.2, 0.25) is 0 Å². The highest BCUT2D eigenvalue weighted by atomic mass is 16.5. The lowest BCUT2D eigenvalue weighted by molar-refractivity contribution is -0.141. The number of ether oxygens (including phenoxy) is 1. The second kappa shape index (κ2) is 5.69. The van der Waals surface area contributed by atoms with E-state index in [1.807, 2.05) is 0 Å². The van der Waals surface area contributed by atoms with E-state index in [1.165, 1.54) is 18.5 Å². The van der Waals surface area contributed by atoms with Crippen LogP contribution < -0.4 is 5.32 Å². The molecule has 1 amide bonds. The SMILES string of the molecule is CCOC(=O)CNC(=O)c1ccnnc1. The highest BCUT2D eigenvalue weighted by Gasteiger charge is 2.07. The summed E-state index contributed by atoms with van der Waals surface area (Å²) in [6.07, 6.45) is 2.72. The van der Waals surface area contributed by atoms with Crippen molar-refractivity contribution in [3.63, 3.8) is 0 Å². The highest BCUT2D eigenvalue weighted by molar-refractivity contribution is 5.95. The molecule has 1 aromatic heterocycles. The van der Waals surface area contributed by atoms with Gasteiger partial charge in [-0.05, 0) is 13.0 Å². The smallest absolute Gasteiger partial charge is 0.325 e. The largest absolute Gasteiger partial charge is 0.465 e. The van der Waals surface area contributed by atoms with Gasteiger partial charge in [-0.25, -0.2) is 0 Å². The molecule has 6 heteroatoms. The summed E-state index contributed by atoms with van der Waals surface area (Å²) in [5, 5.41) is 9.48. The number of hydrogen-bond donors (Lipinski definition) is 1. The molecule has 1 N–H and O–H groups in total. The Balaban J connectivity index is 2.40. The molecule has 0 aliphatic carbocycles. The molecule has 1 aromatic rings. The average Bonchev–Trinajstić information content (AvgIpc) is 2.27. The maximum absolute atomic E-state index is 11.4. The van der Waals surface area contributed by atoms with Gasteiger partial charge in [0.15, 0.2) is 0 Å². The van der Waals surface area contributed by atoms with E-state index in [2.05, 4.69) is 20.3 Å². The quantitative estimate of drug-likeness (QED) is 0.693. The van der Waals surface area contributed by atoms with Gasteiger partial charge in [0, 0.05) is 0 Å². The molecule has 0 aromatic carbocycles. The average molecular weight is 209 g/mol. The molecule has 0 bridgehead atoms. The zero-order chi connectivity index (χ0) is 11.1. The second-order valence-electron chi connectivity index (χ2n) is 2.62. The molecule has 15 heavy (non-hydrogen) atoms. The normalized spacial score (nSPS) is 9.40. The number of nitrogens with zero attached hydrogens (tertiary/aromatic N) is 2. The fraction of sp³-hybridized carbons (Fsp3) is 0.333. The number of carbonyl (C=O) groups excluding carboxylic acids is 2. The summed E-state index contributed by atoms with van der Waals surface area (Å²) in [5.41, 5.74) is 0.356. The van der Waals surface area contributed by atoms with E-state index < -0.39 is 5.97 Å². The van der Waals surface area contributed by atoms with Gasteiger partial charge < -0.3 is 10.1 Å². The molecule has 0 spiro atoms. The summed E-state index contributed by atoms with van der Waals surface area (Å²) in [4.78, 5) is 22.3. The first-order valence-electron chi connectivity index (χ1n) is 4.44. The van der Waals surface area contributed by atoms with Gasteiger partial charge in [-0.3, -0.25) is 9.59 Å². The summed E-state index contributed by atoms with van der Waals surface area (Å²) in [6, 6.07) is 1.51. The van der Waals surface area contributed by atoms with Crippen molar-refractivity contribution < 1.29 is 14.3 Å². The Morgan fingerprint density at radius 2 is 2.27 bits per heavy atom. The summed E-state index contributed by atoms with van der Waals surface area (Å²) < 4.78 is 4.65.